The van der Waals surface area contributed by atoms with Gasteiger partial charge in [0.1, 0.15) is 31.0 Å². The minimum atomic E-state index is -1.52. The van der Waals surface area contributed by atoms with Crippen LogP contribution in [0.3, 0.4) is 0 Å². The van der Waals surface area contributed by atoms with Gasteiger partial charge in [-0.3, -0.25) is 33.7 Å². The maximum atomic E-state index is 14.0. The third-order valence-corrected chi connectivity index (χ3v) is 13.1. The highest BCUT2D eigenvalue weighted by Crippen LogP contribution is 2.27. The molecule has 0 spiro atoms. The molecule has 2 aliphatic rings. The van der Waals surface area contributed by atoms with E-state index in [1.54, 1.807) is 63.4 Å². The Morgan fingerprint density at radius 1 is 0.644 bits per heavy atom. The molecule has 0 saturated carbocycles. The molecule has 2 heterocycles. The fraction of sp³-hybridized carbons (Fsp3) is 0.644. The number of imide groups is 1. The minimum absolute atomic E-state index is 0.0970. The summed E-state index contributed by atoms with van der Waals surface area (Å²) in [6.07, 6.45) is -2.87. The lowest BCUT2D eigenvalue weighted by Crippen LogP contribution is -2.57. The number of anilines is 1. The molecule has 0 aliphatic carbocycles. The number of hydrogen-bond donors (Lipinski definition) is 6. The first-order valence-electron chi connectivity index (χ1n) is 29.0. The van der Waals surface area contributed by atoms with Crippen molar-refractivity contribution in [2.75, 3.05) is 164 Å². The molecule has 2 aromatic carbocycles. The number of ether oxygens (including phenoxy) is 14. The lowest BCUT2D eigenvalue weighted by atomic mass is 9.93. The van der Waals surface area contributed by atoms with Crippen molar-refractivity contribution in [3.8, 4) is 5.75 Å². The monoisotopic (exact) mass is 1240 g/mol. The zero-order valence-electron chi connectivity index (χ0n) is 50.0. The summed E-state index contributed by atoms with van der Waals surface area (Å²) < 4.78 is 76.0. The number of carbonyl (C=O) groups is 7. The summed E-state index contributed by atoms with van der Waals surface area (Å²) in [5.41, 5.74) is 2.01. The van der Waals surface area contributed by atoms with Gasteiger partial charge in [-0.05, 0) is 59.7 Å². The number of nitrogens with one attached hydrogen (secondary N) is 3. The third kappa shape index (κ3) is 30.1. The van der Waals surface area contributed by atoms with Gasteiger partial charge >= 0.3 is 5.97 Å². The number of methoxy groups -OCH3 is 1. The summed E-state index contributed by atoms with van der Waals surface area (Å²) in [6.45, 7) is 12.6. The molecule has 6 N–H and O–H groups in total. The highest BCUT2D eigenvalue weighted by molar-refractivity contribution is 6.15. The van der Waals surface area contributed by atoms with Crippen molar-refractivity contribution in [1.82, 2.24) is 15.5 Å². The molecule has 2 aromatic rings. The number of aliphatic carboxylic acids is 1. The number of carbonyl (C=O) groups excluding carboxylic acids is 6. The van der Waals surface area contributed by atoms with Crippen LogP contribution >= 0.6 is 0 Å². The van der Waals surface area contributed by atoms with E-state index in [0.29, 0.717) is 160 Å². The standard InChI is InChI=1S/C59H88N4O24/c1-42(2)55(58(71)60-39-52(67)61-46-8-6-45(40-85-41-64)44(37-46)7-11-51-49(65)38-50(66)56(87-51)59(72)73)62-57(70)48(63-53(68)12-13-54(63)69)36-43-4-9-47(10-5-43)86-35-34-84-33-32-83-31-30-82-29-28-81-27-26-80-25-24-79-23-22-78-21-20-77-19-18-76-17-16-75-15-14-74-3/h4-6,8-10,12-13,37,41-42,48-51,55-56,65-66H,7,11,14-36,38-40H2,1-3H3,(H,60,71)(H,61,67)(H,62,70)(H,72,73)/t48?,49?,50?,51-,55?,56-/m0/s1. The Kier molecular flexibility index (Phi) is 37.4. The lowest BCUT2D eigenvalue weighted by molar-refractivity contribution is -0.193. The molecule has 4 unspecified atom stereocenters. The fourth-order valence-electron chi connectivity index (χ4n) is 8.55. The van der Waals surface area contributed by atoms with Gasteiger partial charge in [0.05, 0.1) is 164 Å². The Balaban J connectivity index is 1.05. The molecule has 0 aromatic heterocycles. The Labute approximate surface area is 506 Å². The number of aryl methyl sites for hydroxylation is 1. The second-order valence-electron chi connectivity index (χ2n) is 19.9. The van der Waals surface area contributed by atoms with E-state index in [9.17, 15) is 48.9 Å². The second-order valence-corrected chi connectivity index (χ2v) is 19.9. The molecular weight excluding hydrogens is 1150 g/mol. The van der Waals surface area contributed by atoms with Gasteiger partial charge in [0, 0.05) is 37.8 Å². The van der Waals surface area contributed by atoms with Crippen molar-refractivity contribution < 1.29 is 115 Å². The van der Waals surface area contributed by atoms with Crippen molar-refractivity contribution in [2.24, 2.45) is 5.92 Å². The number of amides is 5. The van der Waals surface area contributed by atoms with Gasteiger partial charge in [-0.25, -0.2) is 4.79 Å². The third-order valence-electron chi connectivity index (χ3n) is 13.1. The van der Waals surface area contributed by atoms with Gasteiger partial charge in [-0.1, -0.05) is 32.0 Å². The van der Waals surface area contributed by atoms with Crippen molar-refractivity contribution in [2.45, 2.75) is 82.6 Å². The highest BCUT2D eigenvalue weighted by Gasteiger charge is 2.41. The Hall–Kier alpha value is -6.09. The number of carboxylic acids is 1. The molecule has 6 atom stereocenters. The number of rotatable bonds is 51. The van der Waals surface area contributed by atoms with Crippen LogP contribution < -0.4 is 20.7 Å². The topological polar surface area (TPSA) is 349 Å². The predicted octanol–water partition coefficient (Wildman–Crippen LogP) is 0.179. The Bertz CT molecular complexity index is 2330. The van der Waals surface area contributed by atoms with Crippen molar-refractivity contribution in [3.05, 3.63) is 71.3 Å². The van der Waals surface area contributed by atoms with Crippen molar-refractivity contribution in [3.63, 3.8) is 0 Å². The summed E-state index contributed by atoms with van der Waals surface area (Å²) in [7, 11) is 1.63. The van der Waals surface area contributed by atoms with E-state index in [4.69, 9.17) is 66.3 Å². The molecule has 488 valence electrons. The first-order valence-corrected chi connectivity index (χ1v) is 29.0. The molecule has 28 heteroatoms. The van der Waals surface area contributed by atoms with E-state index in [-0.39, 0.29) is 52.0 Å². The molecule has 0 bridgehead atoms. The van der Waals surface area contributed by atoms with Crippen LogP contribution in [0, 0.1) is 5.92 Å². The minimum Gasteiger partial charge on any atom is -0.491 e. The summed E-state index contributed by atoms with van der Waals surface area (Å²) in [6, 6.07) is 8.91. The first kappa shape index (κ1) is 73.4. The van der Waals surface area contributed by atoms with Gasteiger partial charge in [0.2, 0.25) is 17.7 Å². The molecule has 28 nitrogen and oxygen atoms in total. The van der Waals surface area contributed by atoms with Crippen LogP contribution in [0.1, 0.15) is 43.4 Å². The van der Waals surface area contributed by atoms with Crippen LogP contribution in [0.2, 0.25) is 0 Å². The van der Waals surface area contributed by atoms with Crippen LogP contribution in [-0.4, -0.2) is 258 Å². The number of benzene rings is 2. The quantitative estimate of drug-likeness (QED) is 0.0292. The molecular formula is C59H88N4O24. The summed E-state index contributed by atoms with van der Waals surface area (Å²) in [5, 5.41) is 37.8. The van der Waals surface area contributed by atoms with E-state index in [1.807, 2.05) is 0 Å². The Morgan fingerprint density at radius 3 is 1.59 bits per heavy atom. The Morgan fingerprint density at radius 2 is 1.13 bits per heavy atom. The van der Waals surface area contributed by atoms with Gasteiger partial charge in [-0.2, -0.15) is 0 Å². The van der Waals surface area contributed by atoms with Crippen LogP contribution in [0.25, 0.3) is 0 Å². The summed E-state index contributed by atoms with van der Waals surface area (Å²) >= 11 is 0. The lowest BCUT2D eigenvalue weighted by Gasteiger charge is -2.35. The van der Waals surface area contributed by atoms with Crippen molar-refractivity contribution in [1.29, 1.82) is 0 Å². The van der Waals surface area contributed by atoms with Crippen LogP contribution in [0.15, 0.2) is 54.6 Å². The number of nitrogens with zero attached hydrogens (tertiary/aromatic N) is 1. The molecule has 5 amide bonds. The van der Waals surface area contributed by atoms with Crippen LogP contribution in [0.5, 0.6) is 5.75 Å². The predicted molar refractivity (Wildman–Crippen MR) is 307 cm³/mol. The number of carboxylic acid groups (broad SMARTS) is 1. The van der Waals surface area contributed by atoms with E-state index in [1.165, 1.54) is 0 Å². The summed E-state index contributed by atoms with van der Waals surface area (Å²) in [5.74, 6) is -4.92. The van der Waals surface area contributed by atoms with Gasteiger partial charge in [0.15, 0.2) is 6.10 Å². The highest BCUT2D eigenvalue weighted by atomic mass is 16.6. The largest absolute Gasteiger partial charge is 0.491 e. The van der Waals surface area contributed by atoms with Crippen molar-refractivity contribution >= 4 is 47.7 Å². The van der Waals surface area contributed by atoms with Gasteiger partial charge < -0.3 is 97.6 Å². The average molecular weight is 1240 g/mol. The SMILES string of the molecule is COCCOCCOCCOCCOCCOCCOCCOCCOCCOCCOCCOc1ccc(CC(C(=O)NC(C(=O)NCC(=O)Nc2ccc(COC=O)c(CC[C@@H]3O[C@H](C(=O)O)C(O)CC3O)c2)C(C)C)N2C(=O)C=CC2=O)cc1. The van der Waals surface area contributed by atoms with Gasteiger partial charge in [-0.15, -0.1) is 0 Å². The number of hydrogen-bond acceptors (Lipinski definition) is 23. The maximum absolute atomic E-state index is 14.0. The smallest absolute Gasteiger partial charge is 0.335 e. The molecule has 87 heavy (non-hydrogen) atoms. The zero-order valence-corrected chi connectivity index (χ0v) is 50.0. The molecule has 4 rings (SSSR count). The number of aliphatic hydroxyl groups excluding tert-OH is 2. The van der Waals surface area contributed by atoms with E-state index < -0.39 is 84.5 Å². The summed E-state index contributed by atoms with van der Waals surface area (Å²) in [4.78, 5) is 89.9. The maximum Gasteiger partial charge on any atom is 0.335 e. The second kappa shape index (κ2) is 44.4. The zero-order chi connectivity index (χ0) is 62.9. The van der Waals surface area contributed by atoms with E-state index in [0.717, 1.165) is 17.1 Å². The first-order chi connectivity index (χ1) is 42.2. The molecule has 1 saturated heterocycles. The van der Waals surface area contributed by atoms with Crippen LogP contribution in [0.4, 0.5) is 5.69 Å². The van der Waals surface area contributed by atoms with E-state index in [2.05, 4.69) is 16.0 Å². The van der Waals surface area contributed by atoms with Crippen LogP contribution in [-0.2, 0) is 115 Å². The molecule has 2 aliphatic heterocycles. The fourth-order valence-corrected chi connectivity index (χ4v) is 8.55. The van der Waals surface area contributed by atoms with Gasteiger partial charge in [0.25, 0.3) is 18.3 Å². The number of aliphatic hydroxyl groups is 2. The normalized spacial score (nSPS) is 17.3. The molecule has 1 fully saturated rings. The average Bonchev–Trinajstić information content (AvgIpc) is 2.46. The van der Waals surface area contributed by atoms with E-state index >= 15 is 0 Å². The molecule has 0 radical (unpaired) electrons.